The number of hydrogen-bond donors (Lipinski definition) is 1. The van der Waals surface area contributed by atoms with Crippen LogP contribution in [0.3, 0.4) is 0 Å². The molecule has 1 amide bonds. The predicted molar refractivity (Wildman–Crippen MR) is 95.4 cm³/mol. The molecule has 0 bridgehead atoms. The summed E-state index contributed by atoms with van der Waals surface area (Å²) in [6.07, 6.45) is 5.20. The third kappa shape index (κ3) is 4.79. The highest BCUT2D eigenvalue weighted by molar-refractivity contribution is 7.98. The van der Waals surface area contributed by atoms with Crippen molar-refractivity contribution in [2.24, 2.45) is 0 Å². The first-order chi connectivity index (χ1) is 11.2. The molecule has 4 nitrogen and oxygen atoms in total. The number of amides is 1. The Kier molecular flexibility index (Phi) is 6.11. The second kappa shape index (κ2) is 8.29. The van der Waals surface area contributed by atoms with Crippen molar-refractivity contribution in [3.8, 4) is 11.5 Å². The molecule has 1 N–H and O–H groups in total. The van der Waals surface area contributed by atoms with Crippen molar-refractivity contribution >= 4 is 29.4 Å². The van der Waals surface area contributed by atoms with Gasteiger partial charge in [-0.05, 0) is 48.7 Å². The quantitative estimate of drug-likeness (QED) is 0.641. The minimum Gasteiger partial charge on any atom is -0.497 e. The molecule has 0 spiro atoms. The van der Waals surface area contributed by atoms with Gasteiger partial charge in [-0.15, -0.1) is 11.8 Å². The molecule has 120 valence electrons. The topological polar surface area (TPSA) is 47.6 Å². The molecule has 0 saturated carbocycles. The van der Waals surface area contributed by atoms with Gasteiger partial charge in [-0.3, -0.25) is 4.79 Å². The maximum atomic E-state index is 12.0. The summed E-state index contributed by atoms with van der Waals surface area (Å²) < 4.78 is 10.4. The first-order valence-corrected chi connectivity index (χ1v) is 8.24. The van der Waals surface area contributed by atoms with E-state index in [-0.39, 0.29) is 5.91 Å². The average Bonchev–Trinajstić information content (AvgIpc) is 2.60. The Morgan fingerprint density at radius 3 is 2.43 bits per heavy atom. The summed E-state index contributed by atoms with van der Waals surface area (Å²) in [5.74, 6) is 1.16. The van der Waals surface area contributed by atoms with Crippen molar-refractivity contribution in [1.29, 1.82) is 0 Å². The molecule has 0 atom stereocenters. The average molecular weight is 329 g/mol. The van der Waals surface area contributed by atoms with E-state index in [0.29, 0.717) is 11.5 Å². The molecule has 0 heterocycles. The molecule has 0 aromatic heterocycles. The van der Waals surface area contributed by atoms with Gasteiger partial charge in [0.2, 0.25) is 5.91 Å². The molecule has 0 fully saturated rings. The van der Waals surface area contributed by atoms with Crippen LogP contribution < -0.4 is 14.8 Å². The number of ether oxygens (including phenoxy) is 2. The van der Waals surface area contributed by atoms with Gasteiger partial charge >= 0.3 is 0 Å². The van der Waals surface area contributed by atoms with Gasteiger partial charge in [-0.1, -0.05) is 0 Å². The normalized spacial score (nSPS) is 10.6. The lowest BCUT2D eigenvalue weighted by atomic mass is 10.1. The van der Waals surface area contributed by atoms with Gasteiger partial charge in [-0.25, -0.2) is 0 Å². The molecule has 0 radical (unpaired) electrons. The van der Waals surface area contributed by atoms with Crippen molar-refractivity contribution in [2.75, 3.05) is 25.8 Å². The molecule has 0 aliphatic heterocycles. The number of hydrogen-bond acceptors (Lipinski definition) is 4. The summed E-state index contributed by atoms with van der Waals surface area (Å²) in [7, 11) is 3.18. The van der Waals surface area contributed by atoms with Gasteiger partial charge in [0.05, 0.1) is 14.2 Å². The van der Waals surface area contributed by atoms with E-state index in [1.165, 1.54) is 6.08 Å². The summed E-state index contributed by atoms with van der Waals surface area (Å²) >= 11 is 1.66. The maximum Gasteiger partial charge on any atom is 0.248 e. The summed E-state index contributed by atoms with van der Waals surface area (Å²) in [5.41, 5.74) is 1.57. The first kappa shape index (κ1) is 17.0. The van der Waals surface area contributed by atoms with Crippen LogP contribution in [0.25, 0.3) is 6.08 Å². The number of nitrogens with one attached hydrogen (secondary N) is 1. The first-order valence-electron chi connectivity index (χ1n) is 7.01. The summed E-state index contributed by atoms with van der Waals surface area (Å²) in [4.78, 5) is 13.1. The molecule has 0 aliphatic rings. The van der Waals surface area contributed by atoms with Crippen LogP contribution in [-0.4, -0.2) is 26.4 Å². The van der Waals surface area contributed by atoms with Crippen LogP contribution in [0.5, 0.6) is 11.5 Å². The predicted octanol–water partition coefficient (Wildman–Crippen LogP) is 4.08. The van der Waals surface area contributed by atoms with E-state index in [4.69, 9.17) is 9.47 Å². The number of thioether (sulfide) groups is 1. The highest BCUT2D eigenvalue weighted by Gasteiger charge is 2.03. The van der Waals surface area contributed by atoms with Crippen LogP contribution >= 0.6 is 11.8 Å². The Balaban J connectivity index is 2.05. The molecule has 23 heavy (non-hydrogen) atoms. The van der Waals surface area contributed by atoms with Gasteiger partial charge in [-0.2, -0.15) is 0 Å². The SMILES string of the molecule is COc1ccc(/C=C/C(=O)Nc2ccc(SC)cc2)c(OC)c1. The number of carbonyl (C=O) groups excluding carboxylic acids is 1. The van der Waals surface area contributed by atoms with E-state index in [1.54, 1.807) is 38.1 Å². The Morgan fingerprint density at radius 2 is 1.83 bits per heavy atom. The molecule has 0 saturated heterocycles. The second-order valence-electron chi connectivity index (χ2n) is 4.66. The highest BCUT2D eigenvalue weighted by Crippen LogP contribution is 2.25. The van der Waals surface area contributed by atoms with Crippen LogP contribution in [0.15, 0.2) is 53.4 Å². The molecule has 2 aromatic rings. The Labute approximate surface area is 140 Å². The lowest BCUT2D eigenvalue weighted by Crippen LogP contribution is -2.07. The van der Waals surface area contributed by atoms with E-state index < -0.39 is 0 Å². The fourth-order valence-electron chi connectivity index (χ4n) is 1.98. The number of anilines is 1. The standard InChI is InChI=1S/C18H19NO3S/c1-21-15-8-4-13(17(12-15)22-2)5-11-18(20)19-14-6-9-16(23-3)10-7-14/h4-12H,1-3H3,(H,19,20)/b11-5+. The fourth-order valence-corrected chi connectivity index (χ4v) is 2.39. The zero-order valence-corrected chi connectivity index (χ0v) is 14.1. The second-order valence-corrected chi connectivity index (χ2v) is 5.54. The summed E-state index contributed by atoms with van der Waals surface area (Å²) in [6, 6.07) is 13.1. The van der Waals surface area contributed by atoms with E-state index >= 15 is 0 Å². The largest absolute Gasteiger partial charge is 0.497 e. The lowest BCUT2D eigenvalue weighted by molar-refractivity contribution is -0.111. The number of carbonyl (C=O) groups is 1. The summed E-state index contributed by atoms with van der Waals surface area (Å²) in [5, 5.41) is 2.82. The van der Waals surface area contributed by atoms with E-state index in [9.17, 15) is 4.79 Å². The number of benzene rings is 2. The van der Waals surface area contributed by atoms with Crippen molar-refractivity contribution < 1.29 is 14.3 Å². The molecule has 0 aliphatic carbocycles. The van der Waals surface area contributed by atoms with E-state index in [1.807, 2.05) is 42.7 Å². The van der Waals surface area contributed by atoms with E-state index in [2.05, 4.69) is 5.32 Å². The minimum atomic E-state index is -0.195. The van der Waals surface area contributed by atoms with Crippen LogP contribution in [0, 0.1) is 0 Å². The molecular weight excluding hydrogens is 310 g/mol. The zero-order valence-electron chi connectivity index (χ0n) is 13.3. The number of rotatable bonds is 6. The van der Waals surface area contributed by atoms with Gasteiger partial charge in [0.1, 0.15) is 11.5 Å². The highest BCUT2D eigenvalue weighted by atomic mass is 32.2. The number of methoxy groups -OCH3 is 2. The summed E-state index contributed by atoms with van der Waals surface area (Å²) in [6.45, 7) is 0. The maximum absolute atomic E-state index is 12.0. The van der Waals surface area contributed by atoms with Gasteiger partial charge < -0.3 is 14.8 Å². The van der Waals surface area contributed by atoms with Crippen LogP contribution in [0.1, 0.15) is 5.56 Å². The van der Waals surface area contributed by atoms with Crippen LogP contribution in [0.4, 0.5) is 5.69 Å². The minimum absolute atomic E-state index is 0.195. The van der Waals surface area contributed by atoms with E-state index in [0.717, 1.165) is 16.1 Å². The smallest absolute Gasteiger partial charge is 0.248 e. The molecule has 2 rings (SSSR count). The third-order valence-corrected chi connectivity index (χ3v) is 3.96. The lowest BCUT2D eigenvalue weighted by Gasteiger charge is -2.07. The van der Waals surface area contributed by atoms with Crippen molar-refractivity contribution in [3.63, 3.8) is 0 Å². The van der Waals surface area contributed by atoms with Crippen molar-refractivity contribution in [3.05, 3.63) is 54.1 Å². The van der Waals surface area contributed by atoms with Gasteiger partial charge in [0.25, 0.3) is 0 Å². The van der Waals surface area contributed by atoms with Crippen LogP contribution in [0.2, 0.25) is 0 Å². The Morgan fingerprint density at radius 1 is 1.09 bits per heavy atom. The zero-order chi connectivity index (χ0) is 16.7. The molecule has 5 heteroatoms. The molecule has 2 aromatic carbocycles. The Bertz CT molecular complexity index is 696. The molecule has 0 unspecified atom stereocenters. The Hall–Kier alpha value is -2.40. The molecular formula is C18H19NO3S. The van der Waals surface area contributed by atoms with Gasteiger partial charge in [0, 0.05) is 28.3 Å². The third-order valence-electron chi connectivity index (χ3n) is 3.21. The monoisotopic (exact) mass is 329 g/mol. The van der Waals surface area contributed by atoms with Crippen LogP contribution in [-0.2, 0) is 4.79 Å². The van der Waals surface area contributed by atoms with Gasteiger partial charge in [0.15, 0.2) is 0 Å². The van der Waals surface area contributed by atoms with Crippen molar-refractivity contribution in [1.82, 2.24) is 0 Å². The fraction of sp³-hybridized carbons (Fsp3) is 0.167. The van der Waals surface area contributed by atoms with Crippen molar-refractivity contribution in [2.45, 2.75) is 4.90 Å².